The van der Waals surface area contributed by atoms with Crippen LogP contribution in [0.25, 0.3) is 132 Å². The maximum atomic E-state index is 6.35. The maximum Gasteiger partial charge on any atom is 0.138 e. The van der Waals surface area contributed by atoms with Crippen LogP contribution in [0.15, 0.2) is 26.5 Å². The van der Waals surface area contributed by atoms with Crippen LogP contribution in [-0.2, 0) is 0 Å². The maximum absolute atomic E-state index is 6.35. The van der Waals surface area contributed by atoms with Gasteiger partial charge in [-0.15, -0.1) is 0 Å². The molecule has 18 aromatic rings. The van der Waals surface area contributed by atoms with Gasteiger partial charge in [-0.2, -0.15) is 0 Å². The van der Waals surface area contributed by atoms with Gasteiger partial charge in [0.25, 0.3) is 0 Å². The van der Waals surface area contributed by atoms with Crippen molar-refractivity contribution in [3.8, 4) is 0 Å². The largest absolute Gasteiger partial charge is 0.455 e. The molecule has 0 aliphatic heterocycles. The minimum Gasteiger partial charge on any atom is -0.455 e. The molecule has 0 unspecified atom stereocenters. The van der Waals surface area contributed by atoms with Crippen LogP contribution in [0, 0.1) is 332 Å². The van der Waals surface area contributed by atoms with Crippen LogP contribution in [0.3, 0.4) is 0 Å². The van der Waals surface area contributed by atoms with E-state index in [-0.39, 0.29) is 0 Å². The molecule has 12 aromatic carbocycles. The molecule has 18 rings (SSSR count). The molecule has 660 valence electrons. The van der Waals surface area contributed by atoms with E-state index in [1.807, 2.05) is 0 Å². The molecule has 0 fully saturated rings. The van der Waals surface area contributed by atoms with Crippen molar-refractivity contribution in [1.82, 2.24) is 0 Å². The van der Waals surface area contributed by atoms with E-state index in [9.17, 15) is 0 Å². The van der Waals surface area contributed by atoms with Gasteiger partial charge in [-0.3, -0.25) is 0 Å². The Morgan fingerprint density at radius 3 is 0.167 bits per heavy atom. The first-order valence-corrected chi connectivity index (χ1v) is 45.9. The lowest BCUT2D eigenvalue weighted by atomic mass is 9.90. The normalized spacial score (nSPS) is 11.8. The summed E-state index contributed by atoms with van der Waals surface area (Å²) < 4.78 is 38.1. The average Bonchev–Trinajstić information content (AvgIpc) is 1.60. The molecule has 6 heteroatoms. The number of furan rings is 6. The highest BCUT2D eigenvalue weighted by molar-refractivity contribution is 6.17. The van der Waals surface area contributed by atoms with Crippen LogP contribution in [-0.4, -0.2) is 0 Å². The summed E-state index contributed by atoms with van der Waals surface area (Å²) in [6, 6.07) is 0. The second-order valence-corrected chi connectivity index (χ2v) is 39.1. The Morgan fingerprint density at radius 2 is 0.111 bits per heavy atom. The van der Waals surface area contributed by atoms with Gasteiger partial charge >= 0.3 is 0 Å². The molecule has 0 saturated heterocycles. The van der Waals surface area contributed by atoms with E-state index in [1.54, 1.807) is 0 Å². The van der Waals surface area contributed by atoms with Crippen molar-refractivity contribution in [1.29, 1.82) is 0 Å². The lowest BCUT2D eigenvalue weighted by Crippen LogP contribution is -1.94. The second kappa shape index (κ2) is 32.9. The fourth-order valence-electron chi connectivity index (χ4n) is 21.1. The van der Waals surface area contributed by atoms with Gasteiger partial charge in [0.1, 0.15) is 67.0 Å². The Balaban J connectivity index is 0.000000130. The van der Waals surface area contributed by atoms with E-state index in [0.717, 1.165) is 67.0 Å². The predicted octanol–water partition coefficient (Wildman–Crippen LogP) is 36.3. The van der Waals surface area contributed by atoms with Crippen LogP contribution >= 0.6 is 0 Å². The van der Waals surface area contributed by atoms with Crippen molar-refractivity contribution in [3.05, 3.63) is 267 Å². The third kappa shape index (κ3) is 13.5. The van der Waals surface area contributed by atoms with Crippen LogP contribution in [0.4, 0.5) is 0 Å². The summed E-state index contributed by atoms with van der Waals surface area (Å²) in [7, 11) is 0. The van der Waals surface area contributed by atoms with Crippen molar-refractivity contribution >= 4 is 132 Å². The van der Waals surface area contributed by atoms with Gasteiger partial charge in [0.05, 0.1) is 0 Å². The molecular formula is C120H144O6. The smallest absolute Gasteiger partial charge is 0.138 e. The topological polar surface area (TPSA) is 78.8 Å². The van der Waals surface area contributed by atoms with E-state index in [1.165, 1.54) is 332 Å². The molecule has 0 aliphatic carbocycles. The molecule has 6 aromatic heterocycles. The predicted molar refractivity (Wildman–Crippen MR) is 550 cm³/mol. The first-order valence-electron chi connectivity index (χ1n) is 45.9. The number of rotatable bonds is 0. The van der Waals surface area contributed by atoms with E-state index in [0.29, 0.717) is 0 Å². The molecule has 6 heterocycles. The van der Waals surface area contributed by atoms with Gasteiger partial charge in [-0.25, -0.2) is 0 Å². The fraction of sp³-hybridized carbons (Fsp3) is 0.400. The third-order valence-corrected chi connectivity index (χ3v) is 34.3. The van der Waals surface area contributed by atoms with Crippen LogP contribution in [0.5, 0.6) is 0 Å². The first kappa shape index (κ1) is 93.1. The molecule has 126 heavy (non-hydrogen) atoms. The molecule has 0 atom stereocenters. The minimum absolute atomic E-state index is 1.07. The van der Waals surface area contributed by atoms with Gasteiger partial charge in [0.15, 0.2) is 0 Å². The molecule has 6 nitrogen and oxygen atoms in total. The highest BCUT2D eigenvalue weighted by atomic mass is 16.4. The fourth-order valence-corrected chi connectivity index (χ4v) is 21.1. The van der Waals surface area contributed by atoms with Crippen LogP contribution in [0.1, 0.15) is 267 Å². The lowest BCUT2D eigenvalue weighted by molar-refractivity contribution is 0.660. The molecule has 0 N–H and O–H groups in total. The van der Waals surface area contributed by atoms with E-state index >= 15 is 0 Å². The van der Waals surface area contributed by atoms with Gasteiger partial charge in [0, 0.05) is 64.6 Å². The second-order valence-electron chi connectivity index (χ2n) is 39.1. The Hall–Kier alpha value is -10.6. The van der Waals surface area contributed by atoms with Gasteiger partial charge < -0.3 is 26.5 Å². The van der Waals surface area contributed by atoms with Crippen molar-refractivity contribution in [2.75, 3.05) is 0 Å². The lowest BCUT2D eigenvalue weighted by Gasteiger charge is -2.12. The zero-order valence-corrected chi connectivity index (χ0v) is 86.4. The first-order chi connectivity index (χ1) is 58.6. The number of hydrogen-bond donors (Lipinski definition) is 0. The van der Waals surface area contributed by atoms with E-state index < -0.39 is 0 Å². The molecule has 0 amide bonds. The monoisotopic (exact) mass is 1680 g/mol. The number of fused-ring (bicyclic) bond motifs is 18. The van der Waals surface area contributed by atoms with Crippen molar-refractivity contribution in [3.63, 3.8) is 0 Å². The summed E-state index contributed by atoms with van der Waals surface area (Å²) in [5.41, 5.74) is 77.3. The summed E-state index contributed by atoms with van der Waals surface area (Å²) in [6.45, 7) is 106. The van der Waals surface area contributed by atoms with Gasteiger partial charge in [-0.05, 0) is 599 Å². The van der Waals surface area contributed by atoms with Gasteiger partial charge in [0.2, 0.25) is 0 Å². The summed E-state index contributed by atoms with van der Waals surface area (Å²) >= 11 is 0. The Morgan fingerprint density at radius 1 is 0.0635 bits per heavy atom. The minimum atomic E-state index is 1.07. The summed E-state index contributed by atoms with van der Waals surface area (Å²) in [5.74, 6) is 0. The quantitative estimate of drug-likeness (QED) is 0.151. The molecule has 0 bridgehead atoms. The van der Waals surface area contributed by atoms with E-state index in [2.05, 4.69) is 332 Å². The molecule has 0 radical (unpaired) electrons. The van der Waals surface area contributed by atoms with E-state index in [4.69, 9.17) is 26.5 Å². The molecule has 0 saturated carbocycles. The Labute approximate surface area is 752 Å². The Kier molecular flexibility index (Phi) is 24.3. The number of hydrogen-bond acceptors (Lipinski definition) is 6. The van der Waals surface area contributed by atoms with Crippen molar-refractivity contribution in [2.24, 2.45) is 0 Å². The zero-order valence-electron chi connectivity index (χ0n) is 86.4. The molecule has 0 spiro atoms. The number of benzene rings is 12. The van der Waals surface area contributed by atoms with Crippen LogP contribution < -0.4 is 0 Å². The zero-order chi connectivity index (χ0) is 93.8. The summed E-state index contributed by atoms with van der Waals surface area (Å²) in [6.07, 6.45) is 0. The standard InChI is InChI=1S/6C20H24O/c6*1-9-11(3)15(7)19-17(13(9)5)18-14(6)10(2)12(4)16(8)20(18)21-19/h6*1-8H3. The van der Waals surface area contributed by atoms with Crippen LogP contribution in [0.2, 0.25) is 0 Å². The summed E-state index contributed by atoms with van der Waals surface area (Å²) in [4.78, 5) is 0. The van der Waals surface area contributed by atoms with Gasteiger partial charge in [-0.1, -0.05) is 0 Å². The molecular weight excluding hydrogens is 1540 g/mol. The molecule has 0 aliphatic rings. The third-order valence-electron chi connectivity index (χ3n) is 34.3. The Bertz CT molecular complexity index is 6190. The highest BCUT2D eigenvalue weighted by Crippen LogP contribution is 2.50. The number of aryl methyl sites for hydroxylation is 24. The van der Waals surface area contributed by atoms with Crippen molar-refractivity contribution in [2.45, 2.75) is 332 Å². The average molecular weight is 1680 g/mol. The summed E-state index contributed by atoms with van der Waals surface area (Å²) in [5, 5.41) is 15.8. The van der Waals surface area contributed by atoms with Crippen molar-refractivity contribution < 1.29 is 26.5 Å². The SMILES string of the molecule is Cc1c(C)c(C)c2c(oc3c(C)c(C)c(C)c(C)c32)c1C.Cc1c(C)c(C)c2c(oc3c(C)c(C)c(C)c(C)c32)c1C.Cc1c(C)c(C)c2c(oc3c(C)c(C)c(C)c(C)c32)c1C.Cc1c(C)c(C)c2c(oc3c(C)c(C)c(C)c(C)c32)c1C.Cc1c(C)c(C)c2c(oc3c(C)c(C)c(C)c(C)c32)c1C.Cc1c(C)c(C)c2c(oc3c(C)c(C)c(C)c(C)c32)c1C. The highest BCUT2D eigenvalue weighted by Gasteiger charge is 2.29.